The molecular formula is C29H32F3N6O11PS. The molecule has 7 N–H and O–H groups in total. The number of hydrogen-bond donors (Lipinski definition) is 6. The number of carbonyl (C=O) groups is 1. The number of halogens is 3. The van der Waals surface area contributed by atoms with Crippen LogP contribution in [-0.4, -0.2) is 83.0 Å². The number of aliphatic hydroxyl groups is 1. The average Bonchev–Trinajstić information content (AvgIpc) is 3.63. The van der Waals surface area contributed by atoms with Crippen LogP contribution in [0, 0.1) is 24.4 Å². The Morgan fingerprint density at radius 1 is 1.16 bits per heavy atom. The largest absolute Gasteiger partial charge is 0.477 e. The second kappa shape index (κ2) is 15.5. The van der Waals surface area contributed by atoms with Crippen molar-refractivity contribution in [2.45, 2.75) is 44.2 Å². The highest BCUT2D eigenvalue weighted by Gasteiger charge is 2.37. The van der Waals surface area contributed by atoms with Crippen LogP contribution in [0.5, 0.6) is 0 Å². The van der Waals surface area contributed by atoms with Gasteiger partial charge in [-0.3, -0.25) is 28.2 Å². The lowest BCUT2D eigenvalue weighted by atomic mass is 10.1. The van der Waals surface area contributed by atoms with Crippen LogP contribution in [0.15, 0.2) is 51.0 Å². The normalized spacial score (nSPS) is 20.2. The third-order valence-electron chi connectivity index (χ3n) is 7.90. The predicted molar refractivity (Wildman–Crippen MR) is 178 cm³/mol. The number of hydrogen-bond acceptors (Lipinski definition) is 11. The first-order valence-electron chi connectivity index (χ1n) is 14.7. The molecule has 6 rings (SSSR count). The number of phosphoric ester groups is 1. The maximum absolute atomic E-state index is 14.7. The summed E-state index contributed by atoms with van der Waals surface area (Å²) in [6, 6.07) is 3.39. The summed E-state index contributed by atoms with van der Waals surface area (Å²) in [7, 11) is -4.67. The van der Waals surface area contributed by atoms with Gasteiger partial charge in [0.05, 0.1) is 23.8 Å². The molecule has 0 spiro atoms. The number of nitrogens with one attached hydrogen (secondary N) is 1. The minimum Gasteiger partial charge on any atom is -0.477 e. The number of aliphatic hydroxyl groups excluding tert-OH is 1. The number of rotatable bonds is 7. The van der Waals surface area contributed by atoms with Crippen molar-refractivity contribution in [2.75, 3.05) is 24.6 Å². The Kier molecular flexibility index (Phi) is 12.0. The van der Waals surface area contributed by atoms with E-state index in [-0.39, 0.29) is 48.5 Å². The third kappa shape index (κ3) is 8.76. The van der Waals surface area contributed by atoms with E-state index in [0.29, 0.717) is 31.1 Å². The van der Waals surface area contributed by atoms with Gasteiger partial charge >= 0.3 is 19.5 Å². The number of pyridine rings is 2. The summed E-state index contributed by atoms with van der Waals surface area (Å²) in [4.78, 5) is 72.1. The average molecular weight is 761 g/mol. The number of aromatic nitrogens is 4. The summed E-state index contributed by atoms with van der Waals surface area (Å²) in [6.07, 6.45) is -0.0499. The van der Waals surface area contributed by atoms with E-state index >= 15 is 0 Å². The summed E-state index contributed by atoms with van der Waals surface area (Å²) in [5.41, 5.74) is 2.90. The zero-order chi connectivity index (χ0) is 36.7. The zero-order valence-corrected chi connectivity index (χ0v) is 28.3. The number of carboxylic acid groups (broad SMARTS) is 1. The van der Waals surface area contributed by atoms with Crippen LogP contribution in [0.2, 0.25) is 0 Å². The van der Waals surface area contributed by atoms with Gasteiger partial charge < -0.3 is 35.4 Å². The molecule has 276 valence electrons. The predicted octanol–water partition coefficient (Wildman–Crippen LogP) is 0.754. The van der Waals surface area contributed by atoms with Gasteiger partial charge in [0.2, 0.25) is 5.43 Å². The highest BCUT2D eigenvalue weighted by atomic mass is 32.1. The van der Waals surface area contributed by atoms with E-state index < -0.39 is 78.5 Å². The molecule has 0 bridgehead atoms. The fourth-order valence-corrected chi connectivity index (χ4v) is 5.78. The molecule has 0 amide bonds. The van der Waals surface area contributed by atoms with E-state index in [1.807, 2.05) is 0 Å². The van der Waals surface area contributed by atoms with Gasteiger partial charge in [-0.05, 0) is 31.5 Å². The zero-order valence-electron chi connectivity index (χ0n) is 26.4. The molecule has 2 aliphatic heterocycles. The van der Waals surface area contributed by atoms with Gasteiger partial charge in [-0.2, -0.15) is 13.5 Å². The second-order valence-electron chi connectivity index (χ2n) is 11.5. The van der Waals surface area contributed by atoms with Crippen molar-refractivity contribution in [3.8, 4) is 5.69 Å². The fourth-order valence-electron chi connectivity index (χ4n) is 5.43. The van der Waals surface area contributed by atoms with Gasteiger partial charge in [0.1, 0.15) is 29.5 Å². The highest BCUT2D eigenvalue weighted by Crippen LogP contribution is 2.38. The van der Waals surface area contributed by atoms with E-state index in [9.17, 15) is 47.1 Å². The summed E-state index contributed by atoms with van der Waals surface area (Å²) in [5.74, 6) is -4.30. The Hall–Kier alpha value is -4.34. The molecule has 1 unspecified atom stereocenters. The van der Waals surface area contributed by atoms with Gasteiger partial charge in [-0.1, -0.05) is 0 Å². The Morgan fingerprint density at radius 3 is 2.47 bits per heavy atom. The maximum atomic E-state index is 14.7. The number of aromatic amines is 1. The van der Waals surface area contributed by atoms with Crippen molar-refractivity contribution >= 4 is 44.1 Å². The van der Waals surface area contributed by atoms with Crippen molar-refractivity contribution in [2.24, 2.45) is 5.73 Å². The number of aromatic carboxylic acids is 1. The third-order valence-corrected chi connectivity index (χ3v) is 8.39. The number of carboxylic acids is 1. The standard InChI is InChI=1S/C19H15F3N4O3.C10H15N2O8P.H2S/c20-9-1-2-15(13(21)5-9)26-8-12(19(28)29)16(27)11-6-14(22)18(24-17(11)26)25-4-3-10(23)7-25;1-5-3-12(10(15)11-9(5)14)8-2-6(13)7(20-8)4-19-21(16,17)18;/h1-2,5-6,8,10H,3-4,7,23H2,(H,28,29);3,6-8,13H,2,4H2,1H3,(H,11,14,15)(H2,16,17,18);1H2/t;6-,7+,8+;/m.0./s1. The summed E-state index contributed by atoms with van der Waals surface area (Å²) in [6.45, 7) is 1.78. The maximum Gasteiger partial charge on any atom is 0.469 e. The molecule has 51 heavy (non-hydrogen) atoms. The van der Waals surface area contributed by atoms with Crippen LogP contribution in [0.1, 0.15) is 35.0 Å². The van der Waals surface area contributed by atoms with Crippen LogP contribution < -0.4 is 27.3 Å². The van der Waals surface area contributed by atoms with E-state index in [2.05, 4.69) is 14.5 Å². The number of phosphoric acid groups is 1. The molecule has 3 aromatic heterocycles. The molecule has 4 aromatic rings. The van der Waals surface area contributed by atoms with Crippen molar-refractivity contribution in [1.82, 2.24) is 19.1 Å². The number of nitrogens with two attached hydrogens (primary N) is 1. The Balaban J connectivity index is 0.000000236. The fraction of sp³-hybridized carbons (Fsp3) is 0.345. The lowest BCUT2D eigenvalue weighted by Gasteiger charge is -2.19. The first-order valence-corrected chi connectivity index (χ1v) is 16.3. The molecule has 2 saturated heterocycles. The molecule has 5 heterocycles. The van der Waals surface area contributed by atoms with Crippen LogP contribution in [0.3, 0.4) is 0 Å². The summed E-state index contributed by atoms with van der Waals surface area (Å²) >= 11 is 0. The van der Waals surface area contributed by atoms with Crippen LogP contribution in [0.4, 0.5) is 19.0 Å². The Bertz CT molecular complexity index is 2200. The summed E-state index contributed by atoms with van der Waals surface area (Å²) < 4.78 is 64.8. The minimum atomic E-state index is -4.67. The van der Waals surface area contributed by atoms with Crippen molar-refractivity contribution in [3.63, 3.8) is 0 Å². The molecule has 0 aliphatic carbocycles. The van der Waals surface area contributed by atoms with Gasteiger partial charge in [0.25, 0.3) is 5.56 Å². The van der Waals surface area contributed by atoms with E-state index in [0.717, 1.165) is 33.5 Å². The van der Waals surface area contributed by atoms with Crippen LogP contribution >= 0.6 is 21.3 Å². The van der Waals surface area contributed by atoms with E-state index in [1.165, 1.54) is 13.1 Å². The molecule has 22 heteroatoms. The monoisotopic (exact) mass is 760 g/mol. The number of nitrogens with zero attached hydrogens (tertiary/aromatic N) is 4. The van der Waals surface area contributed by atoms with Crippen LogP contribution in [-0.2, 0) is 13.8 Å². The van der Waals surface area contributed by atoms with Gasteiger partial charge in [0, 0.05) is 49.6 Å². The van der Waals surface area contributed by atoms with Crippen LogP contribution in [0.25, 0.3) is 16.7 Å². The smallest absolute Gasteiger partial charge is 0.469 e. The van der Waals surface area contributed by atoms with Gasteiger partial charge in [-0.15, -0.1) is 0 Å². The molecule has 2 aliphatic rings. The topological polar surface area (TPSA) is 253 Å². The van der Waals surface area contributed by atoms with E-state index in [4.69, 9.17) is 20.3 Å². The number of aryl methyl sites for hydroxylation is 1. The number of anilines is 1. The van der Waals surface area contributed by atoms with Crippen molar-refractivity contribution in [1.29, 1.82) is 0 Å². The Labute approximate surface area is 291 Å². The molecular weight excluding hydrogens is 728 g/mol. The quantitative estimate of drug-likeness (QED) is 0.142. The lowest BCUT2D eigenvalue weighted by molar-refractivity contribution is -0.0451. The molecule has 2 fully saturated rings. The number of H-pyrrole nitrogens is 1. The van der Waals surface area contributed by atoms with Gasteiger partial charge in [0.15, 0.2) is 17.3 Å². The SMILES string of the molecule is Cc1cn([C@H]2C[C@H](O)[C@@H](COP(=O)(O)O)O2)c(=O)[nH]c1=O.NC1CCN(c2nc3c(cc2F)c(=O)c(C(=O)O)cn3-c2ccc(F)cc2F)C1.S. The molecule has 4 atom stereocenters. The highest BCUT2D eigenvalue weighted by molar-refractivity contribution is 7.59. The lowest BCUT2D eigenvalue weighted by Crippen LogP contribution is -2.33. The second-order valence-corrected chi connectivity index (χ2v) is 12.7. The molecule has 1 aromatic carbocycles. The number of ether oxygens (including phenoxy) is 1. The van der Waals surface area contributed by atoms with E-state index in [1.54, 1.807) is 4.90 Å². The first kappa shape index (κ1) is 39.4. The van der Waals surface area contributed by atoms with Gasteiger partial charge in [-0.25, -0.2) is 32.3 Å². The number of benzene rings is 1. The first-order chi connectivity index (χ1) is 23.4. The summed E-state index contributed by atoms with van der Waals surface area (Å²) in [5, 5.41) is 18.8. The van der Waals surface area contributed by atoms with Crippen molar-refractivity contribution in [3.05, 3.63) is 96.3 Å². The molecule has 17 nitrogen and oxygen atoms in total. The van der Waals surface area contributed by atoms with Crippen molar-refractivity contribution < 1.29 is 51.8 Å². The molecule has 0 saturated carbocycles. The number of fused-ring (bicyclic) bond motifs is 1. The molecule has 0 radical (unpaired) electrons. The Morgan fingerprint density at radius 2 is 1.86 bits per heavy atom. The minimum absolute atomic E-state index is 0.